The third kappa shape index (κ3) is 5.76. The fourth-order valence-electron chi connectivity index (χ4n) is 5.68. The van der Waals surface area contributed by atoms with E-state index in [2.05, 4.69) is 6.92 Å². The summed E-state index contributed by atoms with van der Waals surface area (Å²) >= 11 is 1.25. The fraction of sp³-hybridized carbons (Fsp3) is 0.303. The third-order valence-electron chi connectivity index (χ3n) is 8.13. The molecule has 3 heterocycles. The summed E-state index contributed by atoms with van der Waals surface area (Å²) in [6, 6.07) is 20.2. The van der Waals surface area contributed by atoms with Crippen LogP contribution in [0.15, 0.2) is 72.8 Å². The summed E-state index contributed by atoms with van der Waals surface area (Å²) in [5.74, 6) is -0.243. The molecule has 6 rings (SSSR count). The van der Waals surface area contributed by atoms with Gasteiger partial charge in [0.2, 0.25) is 11.8 Å². The van der Waals surface area contributed by atoms with Gasteiger partial charge in [-0.15, -0.1) is 11.8 Å². The number of thioether (sulfide) groups is 1. The molecule has 4 aromatic rings. The van der Waals surface area contributed by atoms with Crippen LogP contribution in [0.4, 0.5) is 14.6 Å². The highest BCUT2D eigenvalue weighted by Crippen LogP contribution is 2.49. The van der Waals surface area contributed by atoms with Crippen molar-refractivity contribution in [2.45, 2.75) is 25.0 Å². The number of likely N-dealkylation sites (tertiary alicyclic amines) is 1. The summed E-state index contributed by atoms with van der Waals surface area (Å²) < 4.78 is 36.5. The second-order valence-corrected chi connectivity index (χ2v) is 12.1. The number of carbonyl (C=O) groups is 2. The predicted molar refractivity (Wildman–Crippen MR) is 164 cm³/mol. The van der Waals surface area contributed by atoms with E-state index in [0.29, 0.717) is 47.5 Å². The zero-order chi connectivity index (χ0) is 30.1. The Bertz CT molecular complexity index is 1640. The van der Waals surface area contributed by atoms with Crippen LogP contribution in [-0.2, 0) is 9.59 Å². The first-order chi connectivity index (χ1) is 20.8. The molecule has 1 atom stereocenters. The molecule has 0 unspecified atom stereocenters. The first-order valence-electron chi connectivity index (χ1n) is 14.3. The van der Waals surface area contributed by atoms with Gasteiger partial charge in [-0.3, -0.25) is 14.5 Å². The minimum atomic E-state index is -0.709. The van der Waals surface area contributed by atoms with E-state index >= 15 is 4.39 Å². The maximum atomic E-state index is 15.4. The summed E-state index contributed by atoms with van der Waals surface area (Å²) in [4.78, 5) is 30.9. The van der Waals surface area contributed by atoms with Crippen molar-refractivity contribution in [3.8, 4) is 22.7 Å². The van der Waals surface area contributed by atoms with E-state index in [9.17, 15) is 14.0 Å². The average Bonchev–Trinajstić information content (AvgIpc) is 3.35. The van der Waals surface area contributed by atoms with Gasteiger partial charge in [-0.05, 0) is 49.1 Å². The number of hydrogen-bond donors (Lipinski definition) is 0. The monoisotopic (exact) mass is 602 g/mol. The van der Waals surface area contributed by atoms with Crippen molar-refractivity contribution < 1.29 is 23.1 Å². The summed E-state index contributed by atoms with van der Waals surface area (Å²) in [7, 11) is 1.58. The van der Waals surface area contributed by atoms with Gasteiger partial charge in [-0.25, -0.2) is 13.5 Å². The molecule has 3 aromatic carbocycles. The zero-order valence-electron chi connectivity index (χ0n) is 24.0. The van der Waals surface area contributed by atoms with Crippen LogP contribution < -0.4 is 9.64 Å². The summed E-state index contributed by atoms with van der Waals surface area (Å²) in [5.41, 5.74) is 2.78. The lowest BCUT2D eigenvalue weighted by atomic mass is 9.98. The molecule has 0 aliphatic carbocycles. The van der Waals surface area contributed by atoms with Crippen LogP contribution in [0.2, 0.25) is 0 Å². The van der Waals surface area contributed by atoms with E-state index in [-0.39, 0.29) is 29.7 Å². The topological polar surface area (TPSA) is 67.7 Å². The number of halogens is 2. The van der Waals surface area contributed by atoms with Gasteiger partial charge in [0.15, 0.2) is 0 Å². The van der Waals surface area contributed by atoms with Gasteiger partial charge in [0, 0.05) is 35.8 Å². The Morgan fingerprint density at radius 1 is 1.02 bits per heavy atom. The largest absolute Gasteiger partial charge is 0.497 e. The van der Waals surface area contributed by atoms with Crippen LogP contribution >= 0.6 is 11.8 Å². The van der Waals surface area contributed by atoms with Crippen molar-refractivity contribution in [3.63, 3.8) is 0 Å². The molecular weight excluding hydrogens is 570 g/mol. The Labute approximate surface area is 253 Å². The highest BCUT2D eigenvalue weighted by molar-refractivity contribution is 8.00. The normalized spacial score (nSPS) is 17.5. The Morgan fingerprint density at radius 2 is 1.74 bits per heavy atom. The smallest absolute Gasteiger partial charge is 0.242 e. The Hall–Kier alpha value is -4.18. The second kappa shape index (κ2) is 12.2. The van der Waals surface area contributed by atoms with E-state index in [1.807, 2.05) is 47.4 Å². The zero-order valence-corrected chi connectivity index (χ0v) is 24.8. The number of fused-ring (bicyclic) bond motifs is 1. The van der Waals surface area contributed by atoms with Gasteiger partial charge in [0.1, 0.15) is 29.7 Å². The maximum absolute atomic E-state index is 15.4. The number of rotatable bonds is 6. The molecule has 1 fully saturated rings. The van der Waals surface area contributed by atoms with Crippen LogP contribution in [0.25, 0.3) is 16.9 Å². The minimum Gasteiger partial charge on any atom is -0.497 e. The quantitative estimate of drug-likeness (QED) is 0.261. The van der Waals surface area contributed by atoms with Gasteiger partial charge in [0.05, 0.1) is 29.5 Å². The number of benzene rings is 3. The van der Waals surface area contributed by atoms with Crippen molar-refractivity contribution in [1.29, 1.82) is 0 Å². The van der Waals surface area contributed by atoms with Gasteiger partial charge in [-0.1, -0.05) is 43.3 Å². The standard InChI is InChI=1S/C33H32F2N4O3S/c1-21-14-16-37(17-15-21)28(40)19-38-29(41)20-43-32(26-13-8-23(34)18-27(26)35)30-31(22-6-4-3-5-7-22)36-39(33(30)38)24-9-11-25(42-2)12-10-24/h3-13,18,21,32H,14-17,19-20H2,1-2H3/t32-/m1/s1. The highest BCUT2D eigenvalue weighted by atomic mass is 32.2. The number of piperidine rings is 1. The molecule has 0 saturated carbocycles. The lowest BCUT2D eigenvalue weighted by Gasteiger charge is -2.32. The summed E-state index contributed by atoms with van der Waals surface area (Å²) in [5, 5.41) is 4.32. The van der Waals surface area contributed by atoms with Crippen LogP contribution in [-0.4, -0.2) is 59.0 Å². The van der Waals surface area contributed by atoms with Gasteiger partial charge in [0.25, 0.3) is 0 Å². The van der Waals surface area contributed by atoms with Crippen molar-refractivity contribution in [1.82, 2.24) is 14.7 Å². The second-order valence-electron chi connectivity index (χ2n) is 11.0. The third-order valence-corrected chi connectivity index (χ3v) is 9.36. The number of hydrogen-bond acceptors (Lipinski definition) is 5. The Balaban J connectivity index is 1.57. The van der Waals surface area contributed by atoms with Gasteiger partial charge in [-0.2, -0.15) is 5.10 Å². The molecule has 0 N–H and O–H groups in total. The summed E-state index contributed by atoms with van der Waals surface area (Å²) in [6.45, 7) is 3.28. The highest BCUT2D eigenvalue weighted by Gasteiger charge is 2.39. The van der Waals surface area contributed by atoms with E-state index < -0.39 is 16.9 Å². The number of aromatic nitrogens is 2. The van der Waals surface area contributed by atoms with Crippen LogP contribution in [0, 0.1) is 17.6 Å². The molecule has 1 saturated heterocycles. The van der Waals surface area contributed by atoms with E-state index in [0.717, 1.165) is 24.5 Å². The number of methoxy groups -OCH3 is 1. The molecule has 1 aromatic heterocycles. The van der Waals surface area contributed by atoms with Crippen LogP contribution in [0.3, 0.4) is 0 Å². The maximum Gasteiger partial charge on any atom is 0.242 e. The Kier molecular flexibility index (Phi) is 8.21. The first-order valence-corrected chi connectivity index (χ1v) is 15.4. The SMILES string of the molecule is COc1ccc(-n2nc(-c3ccccc3)c3c2N(CC(=O)N2CCC(C)CC2)C(=O)CS[C@@H]3c2ccc(F)cc2F)cc1. The van der Waals surface area contributed by atoms with E-state index in [1.54, 1.807) is 23.9 Å². The van der Waals surface area contributed by atoms with Gasteiger partial charge < -0.3 is 9.64 Å². The van der Waals surface area contributed by atoms with E-state index in [4.69, 9.17) is 9.84 Å². The lowest BCUT2D eigenvalue weighted by Crippen LogP contribution is -2.46. The van der Waals surface area contributed by atoms with Gasteiger partial charge >= 0.3 is 0 Å². The van der Waals surface area contributed by atoms with Crippen molar-refractivity contribution in [2.24, 2.45) is 5.92 Å². The molecular formula is C33H32F2N4O3S. The van der Waals surface area contributed by atoms with Crippen LogP contribution in [0.5, 0.6) is 5.75 Å². The predicted octanol–water partition coefficient (Wildman–Crippen LogP) is 6.25. The molecule has 2 aliphatic heterocycles. The number of ether oxygens (including phenoxy) is 1. The number of carbonyl (C=O) groups excluding carboxylic acids is 2. The van der Waals surface area contributed by atoms with Crippen LogP contribution in [0.1, 0.15) is 36.1 Å². The van der Waals surface area contributed by atoms with Crippen molar-refractivity contribution >= 4 is 29.4 Å². The average molecular weight is 603 g/mol. The first kappa shape index (κ1) is 28.9. The Morgan fingerprint density at radius 3 is 2.42 bits per heavy atom. The molecule has 7 nitrogen and oxygen atoms in total. The molecule has 222 valence electrons. The molecule has 2 amide bonds. The molecule has 2 aliphatic rings. The number of anilines is 1. The van der Waals surface area contributed by atoms with Crippen molar-refractivity contribution in [2.75, 3.05) is 37.4 Å². The minimum absolute atomic E-state index is 0.00266. The summed E-state index contributed by atoms with van der Waals surface area (Å²) in [6.07, 6.45) is 1.82. The number of nitrogens with zero attached hydrogens (tertiary/aromatic N) is 4. The molecule has 0 bridgehead atoms. The number of amides is 2. The molecule has 10 heteroatoms. The lowest BCUT2D eigenvalue weighted by molar-refractivity contribution is -0.132. The van der Waals surface area contributed by atoms with E-state index in [1.165, 1.54) is 28.8 Å². The molecule has 0 spiro atoms. The molecule has 43 heavy (non-hydrogen) atoms. The molecule has 0 radical (unpaired) electrons. The fourth-order valence-corrected chi connectivity index (χ4v) is 6.90. The van der Waals surface area contributed by atoms with Crippen molar-refractivity contribution in [3.05, 3.63) is 95.6 Å².